The summed E-state index contributed by atoms with van der Waals surface area (Å²) in [6.07, 6.45) is 0.764. The number of aryl methyl sites for hydroxylation is 2. The van der Waals surface area contributed by atoms with Crippen molar-refractivity contribution in [2.45, 2.75) is 52.0 Å². The van der Waals surface area contributed by atoms with Crippen molar-refractivity contribution in [2.75, 3.05) is 4.90 Å². The Bertz CT molecular complexity index is 1120. The van der Waals surface area contributed by atoms with E-state index in [-0.39, 0.29) is 11.3 Å². The van der Waals surface area contributed by atoms with Gasteiger partial charge in [-0.25, -0.2) is 4.39 Å². The number of nitrogens with zero attached hydrogens (tertiary/aromatic N) is 1. The Hall–Kier alpha value is -2.94. The van der Waals surface area contributed by atoms with Crippen molar-refractivity contribution < 1.29 is 9.18 Å². The molecule has 1 aliphatic heterocycles. The minimum atomic E-state index is -0.453. The van der Waals surface area contributed by atoms with Gasteiger partial charge in [-0.3, -0.25) is 4.79 Å². The van der Waals surface area contributed by atoms with E-state index in [4.69, 9.17) is 0 Å². The van der Waals surface area contributed by atoms with Crippen LogP contribution >= 0.6 is 0 Å². The summed E-state index contributed by atoms with van der Waals surface area (Å²) in [5.41, 5.74) is 5.33. The average Bonchev–Trinajstić information content (AvgIpc) is 2.68. The molecule has 0 fully saturated rings. The number of anilines is 1. The third kappa shape index (κ3) is 3.32. The van der Waals surface area contributed by atoms with Crippen molar-refractivity contribution in [3.63, 3.8) is 0 Å². The highest BCUT2D eigenvalue weighted by atomic mass is 19.1. The number of hydrogen-bond acceptors (Lipinski definition) is 1. The van der Waals surface area contributed by atoms with Crippen molar-refractivity contribution in [3.8, 4) is 0 Å². The Morgan fingerprint density at radius 2 is 1.57 bits per heavy atom. The molecular weight excluding hydrogens is 373 g/mol. The van der Waals surface area contributed by atoms with Crippen LogP contribution < -0.4 is 4.90 Å². The number of fused-ring (bicyclic) bond motifs is 1. The number of hydrogen-bond donors (Lipinski definition) is 0. The third-order valence-electron chi connectivity index (χ3n) is 6.34. The summed E-state index contributed by atoms with van der Waals surface area (Å²) in [5, 5.41) is 0. The van der Waals surface area contributed by atoms with E-state index >= 15 is 0 Å². The molecule has 154 valence electrons. The molecule has 0 spiro atoms. The van der Waals surface area contributed by atoms with E-state index in [1.54, 1.807) is 12.1 Å². The number of carbonyl (C=O) groups is 1. The predicted molar refractivity (Wildman–Crippen MR) is 121 cm³/mol. The van der Waals surface area contributed by atoms with Gasteiger partial charge in [-0.2, -0.15) is 0 Å². The Morgan fingerprint density at radius 3 is 2.23 bits per heavy atom. The van der Waals surface area contributed by atoms with Crippen molar-refractivity contribution in [3.05, 3.63) is 100 Å². The molecule has 0 aromatic heterocycles. The molecule has 1 aliphatic rings. The standard InChI is InChI=1S/C27H28FNO/c1-18-9-12-21(13-10-18)27(5)17-26(3,4)29(24-14-11-19(2)15-23(24)27)25(30)20-7-6-8-22(28)16-20/h6-16H,17H2,1-5H3/t27-/m0/s1. The maximum absolute atomic E-state index is 13.8. The van der Waals surface area contributed by atoms with E-state index in [9.17, 15) is 9.18 Å². The summed E-state index contributed by atoms with van der Waals surface area (Å²) in [7, 11) is 0. The minimum absolute atomic E-state index is 0.171. The molecule has 0 aliphatic carbocycles. The highest BCUT2D eigenvalue weighted by Gasteiger charge is 2.47. The monoisotopic (exact) mass is 401 g/mol. The predicted octanol–water partition coefficient (Wildman–Crippen LogP) is 6.58. The van der Waals surface area contributed by atoms with Crippen molar-refractivity contribution in [2.24, 2.45) is 0 Å². The minimum Gasteiger partial charge on any atom is -0.302 e. The molecule has 30 heavy (non-hydrogen) atoms. The van der Waals surface area contributed by atoms with E-state index in [1.165, 1.54) is 23.3 Å². The number of benzene rings is 3. The van der Waals surface area contributed by atoms with E-state index in [0.717, 1.165) is 23.2 Å². The molecule has 0 bridgehead atoms. The molecule has 3 aromatic rings. The second-order valence-electron chi connectivity index (χ2n) is 9.36. The lowest BCUT2D eigenvalue weighted by Gasteiger charge is -2.51. The molecule has 3 aromatic carbocycles. The zero-order valence-corrected chi connectivity index (χ0v) is 18.3. The quantitative estimate of drug-likeness (QED) is 0.475. The molecule has 2 nitrogen and oxygen atoms in total. The van der Waals surface area contributed by atoms with Crippen LogP contribution in [0.1, 0.15) is 59.8 Å². The SMILES string of the molecule is Cc1ccc([C@]2(C)CC(C)(C)N(C(=O)c3cccc(F)c3)c3ccc(C)cc32)cc1. The molecule has 0 radical (unpaired) electrons. The zero-order valence-electron chi connectivity index (χ0n) is 18.3. The summed E-state index contributed by atoms with van der Waals surface area (Å²) < 4.78 is 13.8. The Kier molecular flexibility index (Phi) is 4.80. The van der Waals surface area contributed by atoms with Crippen LogP contribution in [-0.2, 0) is 5.41 Å². The van der Waals surface area contributed by atoms with E-state index < -0.39 is 11.4 Å². The van der Waals surface area contributed by atoms with Crippen molar-refractivity contribution in [1.82, 2.24) is 0 Å². The first-order chi connectivity index (χ1) is 14.1. The Morgan fingerprint density at radius 1 is 0.900 bits per heavy atom. The van der Waals surface area contributed by atoms with Crippen LogP contribution in [0, 0.1) is 19.7 Å². The Balaban J connectivity index is 1.92. The zero-order chi connectivity index (χ0) is 21.7. The lowest BCUT2D eigenvalue weighted by atomic mass is 9.65. The van der Waals surface area contributed by atoms with Gasteiger partial charge in [-0.15, -0.1) is 0 Å². The van der Waals surface area contributed by atoms with Gasteiger partial charge in [-0.05, 0) is 69.5 Å². The van der Waals surface area contributed by atoms with Gasteiger partial charge in [0.15, 0.2) is 0 Å². The normalized spacial score (nSPS) is 20.0. The molecule has 1 amide bonds. The molecular formula is C27H28FNO. The van der Waals surface area contributed by atoms with Crippen LogP contribution in [0.15, 0.2) is 66.7 Å². The fourth-order valence-corrected chi connectivity index (χ4v) is 4.97. The number of rotatable bonds is 2. The number of carbonyl (C=O) groups excluding carboxylic acids is 1. The van der Waals surface area contributed by atoms with Gasteiger partial charge >= 0.3 is 0 Å². The van der Waals surface area contributed by atoms with Gasteiger partial charge in [0.1, 0.15) is 5.82 Å². The maximum atomic E-state index is 13.8. The van der Waals surface area contributed by atoms with Crippen LogP contribution in [0.3, 0.4) is 0 Å². The smallest absolute Gasteiger partial charge is 0.258 e. The van der Waals surface area contributed by atoms with Gasteiger partial charge in [0, 0.05) is 22.2 Å². The number of halogens is 1. The summed E-state index contributed by atoms with van der Waals surface area (Å²) in [4.78, 5) is 15.4. The lowest BCUT2D eigenvalue weighted by molar-refractivity contribution is 0.0948. The second-order valence-corrected chi connectivity index (χ2v) is 9.36. The molecule has 0 N–H and O–H groups in total. The van der Waals surface area contributed by atoms with E-state index in [1.807, 2.05) is 17.0 Å². The van der Waals surface area contributed by atoms with Gasteiger partial charge in [0.05, 0.1) is 0 Å². The van der Waals surface area contributed by atoms with Gasteiger partial charge in [-0.1, -0.05) is 60.5 Å². The second kappa shape index (κ2) is 7.09. The topological polar surface area (TPSA) is 20.3 Å². The van der Waals surface area contributed by atoms with Crippen LogP contribution in [0.25, 0.3) is 0 Å². The highest BCUT2D eigenvalue weighted by molar-refractivity contribution is 6.08. The third-order valence-corrected chi connectivity index (χ3v) is 6.34. The van der Waals surface area contributed by atoms with Gasteiger partial charge in [0.25, 0.3) is 5.91 Å². The van der Waals surface area contributed by atoms with Gasteiger partial charge in [0.2, 0.25) is 0 Å². The first-order valence-electron chi connectivity index (χ1n) is 10.4. The van der Waals surface area contributed by atoms with Crippen LogP contribution in [0.5, 0.6) is 0 Å². The average molecular weight is 402 g/mol. The molecule has 0 saturated heterocycles. The largest absolute Gasteiger partial charge is 0.302 e. The van der Waals surface area contributed by atoms with Crippen molar-refractivity contribution in [1.29, 1.82) is 0 Å². The number of amides is 1. The Labute approximate surface area is 178 Å². The van der Waals surface area contributed by atoms with Crippen molar-refractivity contribution >= 4 is 11.6 Å². The fourth-order valence-electron chi connectivity index (χ4n) is 4.97. The van der Waals surface area contributed by atoms with E-state index in [2.05, 4.69) is 65.0 Å². The summed E-state index contributed by atoms with van der Waals surface area (Å²) in [6, 6.07) is 20.9. The molecule has 4 rings (SSSR count). The van der Waals surface area contributed by atoms with Crippen LogP contribution in [-0.4, -0.2) is 11.4 Å². The molecule has 1 atom stereocenters. The van der Waals surface area contributed by atoms with Crippen LogP contribution in [0.4, 0.5) is 10.1 Å². The summed E-state index contributed by atoms with van der Waals surface area (Å²) in [5.74, 6) is -0.570. The van der Waals surface area contributed by atoms with Crippen LogP contribution in [0.2, 0.25) is 0 Å². The van der Waals surface area contributed by atoms with Gasteiger partial charge < -0.3 is 4.90 Å². The maximum Gasteiger partial charge on any atom is 0.258 e. The summed E-state index contributed by atoms with van der Waals surface area (Å²) >= 11 is 0. The first kappa shape index (κ1) is 20.3. The first-order valence-corrected chi connectivity index (χ1v) is 10.4. The molecule has 1 heterocycles. The summed E-state index contributed by atoms with van der Waals surface area (Å²) in [6.45, 7) is 10.6. The molecule has 0 unspecified atom stereocenters. The highest BCUT2D eigenvalue weighted by Crippen LogP contribution is 2.51. The molecule has 3 heteroatoms. The lowest BCUT2D eigenvalue weighted by Crippen LogP contribution is -2.56. The fraction of sp³-hybridized carbons (Fsp3) is 0.296. The van der Waals surface area contributed by atoms with E-state index in [0.29, 0.717) is 5.56 Å². The molecule has 0 saturated carbocycles.